The zero-order chi connectivity index (χ0) is 13.8. The highest BCUT2D eigenvalue weighted by atomic mass is 35.5. The highest BCUT2D eigenvalue weighted by molar-refractivity contribution is 7.99. The van der Waals surface area contributed by atoms with Gasteiger partial charge in [-0.05, 0) is 25.2 Å². The molecule has 0 bridgehead atoms. The molecule has 1 saturated carbocycles. The van der Waals surface area contributed by atoms with E-state index < -0.39 is 4.92 Å². The van der Waals surface area contributed by atoms with Gasteiger partial charge in [0.15, 0.2) is 0 Å². The molecule has 1 heterocycles. The van der Waals surface area contributed by atoms with E-state index in [1.165, 1.54) is 18.6 Å². The van der Waals surface area contributed by atoms with Gasteiger partial charge in [0.25, 0.3) is 0 Å². The lowest BCUT2D eigenvalue weighted by atomic mass is 9.95. The van der Waals surface area contributed by atoms with Crippen molar-refractivity contribution < 1.29 is 4.92 Å². The molecule has 1 aromatic rings. The van der Waals surface area contributed by atoms with Crippen LogP contribution in [0.4, 0.5) is 11.5 Å². The van der Waals surface area contributed by atoms with Gasteiger partial charge in [0.05, 0.1) is 4.92 Å². The molecule has 104 valence electrons. The van der Waals surface area contributed by atoms with E-state index >= 15 is 0 Å². The molecule has 2 rings (SSSR count). The summed E-state index contributed by atoms with van der Waals surface area (Å²) in [5, 5.41) is 15.0. The Hall–Kier alpha value is -1.01. The standard InChI is InChI=1S/C12H16ClN3O2S/c1-19-10-5-3-2-4-8(10)14-12-9(16(17)18)6-7-11(13)15-12/h6-8,10H,2-5H2,1H3,(H,14,15). The molecule has 1 fully saturated rings. The van der Waals surface area contributed by atoms with E-state index in [0.29, 0.717) is 5.25 Å². The highest BCUT2D eigenvalue weighted by Gasteiger charge is 2.27. The van der Waals surface area contributed by atoms with Crippen molar-refractivity contribution in [2.24, 2.45) is 0 Å². The maximum absolute atomic E-state index is 11.0. The third kappa shape index (κ3) is 3.51. The molecule has 5 nitrogen and oxygen atoms in total. The van der Waals surface area contributed by atoms with Crippen LogP contribution in [0, 0.1) is 10.1 Å². The van der Waals surface area contributed by atoms with Crippen LogP contribution in [-0.2, 0) is 0 Å². The first-order valence-electron chi connectivity index (χ1n) is 6.22. The fourth-order valence-electron chi connectivity index (χ4n) is 2.40. The molecule has 2 atom stereocenters. The number of hydrogen-bond donors (Lipinski definition) is 1. The molecule has 0 aromatic carbocycles. The number of halogens is 1. The Labute approximate surface area is 121 Å². The lowest BCUT2D eigenvalue weighted by Gasteiger charge is -2.31. The molecular weight excluding hydrogens is 286 g/mol. The van der Waals surface area contributed by atoms with Gasteiger partial charge in [0.1, 0.15) is 5.15 Å². The zero-order valence-electron chi connectivity index (χ0n) is 10.6. The number of anilines is 1. The monoisotopic (exact) mass is 301 g/mol. The molecule has 1 aromatic heterocycles. The highest BCUT2D eigenvalue weighted by Crippen LogP contribution is 2.32. The van der Waals surface area contributed by atoms with Gasteiger partial charge in [-0.15, -0.1) is 0 Å². The van der Waals surface area contributed by atoms with E-state index in [9.17, 15) is 10.1 Å². The lowest BCUT2D eigenvalue weighted by molar-refractivity contribution is -0.384. The van der Waals surface area contributed by atoms with Gasteiger partial charge in [-0.3, -0.25) is 10.1 Å². The van der Waals surface area contributed by atoms with E-state index in [4.69, 9.17) is 11.6 Å². The molecule has 1 N–H and O–H groups in total. The van der Waals surface area contributed by atoms with Gasteiger partial charge in [-0.1, -0.05) is 24.4 Å². The average molecular weight is 302 g/mol. The second-order valence-electron chi connectivity index (χ2n) is 4.57. The number of pyridine rings is 1. The van der Waals surface area contributed by atoms with E-state index in [0.717, 1.165) is 19.3 Å². The van der Waals surface area contributed by atoms with E-state index in [1.807, 2.05) is 0 Å². The number of nitrogens with zero attached hydrogens (tertiary/aromatic N) is 2. The minimum absolute atomic E-state index is 0.0187. The van der Waals surface area contributed by atoms with Crippen molar-refractivity contribution in [1.29, 1.82) is 0 Å². The Morgan fingerprint density at radius 2 is 2.21 bits per heavy atom. The van der Waals surface area contributed by atoms with Crippen molar-refractivity contribution in [2.45, 2.75) is 37.0 Å². The fraction of sp³-hybridized carbons (Fsp3) is 0.583. The van der Waals surface area contributed by atoms with E-state index in [-0.39, 0.29) is 22.7 Å². The molecule has 0 saturated heterocycles. The Morgan fingerprint density at radius 1 is 1.47 bits per heavy atom. The van der Waals surface area contributed by atoms with Gasteiger partial charge in [0, 0.05) is 17.4 Å². The summed E-state index contributed by atoms with van der Waals surface area (Å²) in [6.45, 7) is 0. The number of thioether (sulfide) groups is 1. The van der Waals surface area contributed by atoms with Crippen molar-refractivity contribution in [3.8, 4) is 0 Å². The van der Waals surface area contributed by atoms with Crippen molar-refractivity contribution in [3.05, 3.63) is 27.4 Å². The van der Waals surface area contributed by atoms with Crippen LogP contribution in [0.2, 0.25) is 5.15 Å². The predicted octanol–water partition coefficient (Wildman–Crippen LogP) is 3.73. The van der Waals surface area contributed by atoms with Crippen LogP contribution in [-0.4, -0.2) is 27.5 Å². The number of nitrogens with one attached hydrogen (secondary N) is 1. The summed E-state index contributed by atoms with van der Waals surface area (Å²) < 4.78 is 0. The molecule has 0 radical (unpaired) electrons. The Bertz CT molecular complexity index is 472. The molecule has 0 amide bonds. The van der Waals surface area contributed by atoms with Crippen LogP contribution < -0.4 is 5.32 Å². The van der Waals surface area contributed by atoms with Crippen LogP contribution in [0.25, 0.3) is 0 Å². The zero-order valence-corrected chi connectivity index (χ0v) is 12.2. The minimum atomic E-state index is -0.428. The smallest absolute Gasteiger partial charge is 0.311 e. The van der Waals surface area contributed by atoms with E-state index in [2.05, 4.69) is 16.6 Å². The summed E-state index contributed by atoms with van der Waals surface area (Å²) in [5.41, 5.74) is -0.0187. The molecule has 2 unspecified atom stereocenters. The summed E-state index contributed by atoms with van der Waals surface area (Å²) in [6, 6.07) is 3.06. The first kappa shape index (κ1) is 14.4. The summed E-state index contributed by atoms with van der Waals surface area (Å²) in [7, 11) is 0. The maximum Gasteiger partial charge on any atom is 0.311 e. The van der Waals surface area contributed by atoms with Crippen LogP contribution in [0.3, 0.4) is 0 Å². The fourth-order valence-corrected chi connectivity index (χ4v) is 3.48. The molecular formula is C12H16ClN3O2S. The Morgan fingerprint density at radius 3 is 2.89 bits per heavy atom. The quantitative estimate of drug-likeness (QED) is 0.521. The van der Waals surface area contributed by atoms with Crippen molar-refractivity contribution in [2.75, 3.05) is 11.6 Å². The topological polar surface area (TPSA) is 68.1 Å². The molecule has 0 spiro atoms. The van der Waals surface area contributed by atoms with E-state index in [1.54, 1.807) is 11.8 Å². The largest absolute Gasteiger partial charge is 0.360 e. The first-order valence-corrected chi connectivity index (χ1v) is 7.88. The van der Waals surface area contributed by atoms with Crippen molar-refractivity contribution in [3.63, 3.8) is 0 Å². The number of rotatable bonds is 4. The SMILES string of the molecule is CSC1CCCCC1Nc1nc(Cl)ccc1[N+](=O)[O-]. The summed E-state index contributed by atoms with van der Waals surface area (Å²) in [6.07, 6.45) is 6.58. The molecule has 7 heteroatoms. The summed E-state index contributed by atoms with van der Waals surface area (Å²) >= 11 is 7.63. The van der Waals surface area contributed by atoms with Gasteiger partial charge >= 0.3 is 5.69 Å². The van der Waals surface area contributed by atoms with Crippen LogP contribution in [0.1, 0.15) is 25.7 Å². The molecule has 1 aliphatic carbocycles. The molecule has 1 aliphatic rings. The second kappa shape index (κ2) is 6.43. The number of hydrogen-bond acceptors (Lipinski definition) is 5. The van der Waals surface area contributed by atoms with Crippen LogP contribution in [0.5, 0.6) is 0 Å². The normalized spacial score (nSPS) is 23.1. The maximum atomic E-state index is 11.0. The third-order valence-corrected chi connectivity index (χ3v) is 4.74. The van der Waals surface area contributed by atoms with Crippen LogP contribution >= 0.6 is 23.4 Å². The summed E-state index contributed by atoms with van der Waals surface area (Å²) in [4.78, 5) is 14.6. The second-order valence-corrected chi connectivity index (χ2v) is 6.03. The Kier molecular flexibility index (Phi) is 4.87. The average Bonchev–Trinajstić information content (AvgIpc) is 2.39. The number of aromatic nitrogens is 1. The van der Waals surface area contributed by atoms with Gasteiger partial charge in [-0.2, -0.15) is 11.8 Å². The van der Waals surface area contributed by atoms with Gasteiger partial charge in [-0.25, -0.2) is 4.98 Å². The molecule has 0 aliphatic heterocycles. The van der Waals surface area contributed by atoms with Crippen molar-refractivity contribution >= 4 is 34.9 Å². The summed E-state index contributed by atoms with van der Waals surface area (Å²) in [5.74, 6) is 0.281. The third-order valence-electron chi connectivity index (χ3n) is 3.36. The minimum Gasteiger partial charge on any atom is -0.360 e. The van der Waals surface area contributed by atoms with Gasteiger partial charge in [0.2, 0.25) is 5.82 Å². The number of nitro groups is 1. The molecule has 19 heavy (non-hydrogen) atoms. The first-order chi connectivity index (χ1) is 9.11. The van der Waals surface area contributed by atoms with Crippen LogP contribution in [0.15, 0.2) is 12.1 Å². The Balaban J connectivity index is 2.21. The van der Waals surface area contributed by atoms with Crippen molar-refractivity contribution in [1.82, 2.24) is 4.98 Å². The van der Waals surface area contributed by atoms with Gasteiger partial charge < -0.3 is 5.32 Å². The lowest BCUT2D eigenvalue weighted by Crippen LogP contribution is -2.34. The predicted molar refractivity (Wildman–Crippen MR) is 79.1 cm³/mol.